The van der Waals surface area contributed by atoms with Gasteiger partial charge in [-0.15, -0.1) is 0 Å². The van der Waals surface area contributed by atoms with E-state index in [0.717, 1.165) is 17.7 Å². The second kappa shape index (κ2) is 4.33. The highest BCUT2D eigenvalue weighted by Gasteiger charge is 2.34. The Morgan fingerprint density at radius 2 is 1.61 bits per heavy atom. The van der Waals surface area contributed by atoms with E-state index in [4.69, 9.17) is 0 Å². The van der Waals surface area contributed by atoms with Crippen molar-refractivity contribution in [2.75, 3.05) is 0 Å². The van der Waals surface area contributed by atoms with Crippen LogP contribution in [-0.2, 0) is 6.18 Å². The number of rotatable bonds is 1. The van der Waals surface area contributed by atoms with Crippen molar-refractivity contribution in [3.05, 3.63) is 58.1 Å². The van der Waals surface area contributed by atoms with Gasteiger partial charge in [-0.2, -0.15) is 13.2 Å². The first-order valence-electron chi connectivity index (χ1n) is 5.16. The van der Waals surface area contributed by atoms with Crippen LogP contribution in [0.3, 0.4) is 0 Å². The predicted molar refractivity (Wildman–Crippen MR) is 60.2 cm³/mol. The lowest BCUT2D eigenvalue weighted by atomic mass is 10.1. The molecular weight excluding hydrogens is 245 g/mol. The minimum Gasteiger partial charge on any atom is -0.418 e. The molecule has 0 amide bonds. The van der Waals surface area contributed by atoms with Gasteiger partial charge < -0.3 is 4.42 Å². The van der Waals surface area contributed by atoms with E-state index in [1.54, 1.807) is 24.3 Å². The quantitative estimate of drug-likeness (QED) is 0.777. The molecule has 0 bridgehead atoms. The summed E-state index contributed by atoms with van der Waals surface area (Å²) in [6.07, 6.45) is -4.67. The minimum absolute atomic E-state index is 0.193. The van der Waals surface area contributed by atoms with Crippen LogP contribution < -0.4 is 5.63 Å². The molecule has 1 aromatic carbocycles. The van der Waals surface area contributed by atoms with Crippen molar-refractivity contribution in [1.29, 1.82) is 0 Å². The first kappa shape index (κ1) is 12.4. The fraction of sp³-hybridized carbons (Fsp3) is 0.154. The summed E-state index contributed by atoms with van der Waals surface area (Å²) in [6.45, 7) is 1.87. The predicted octanol–water partition coefficient (Wildman–Crippen LogP) is 3.63. The maximum Gasteiger partial charge on any atom is 0.449 e. The second-order valence-electron chi connectivity index (χ2n) is 3.89. The molecule has 2 rings (SSSR count). The van der Waals surface area contributed by atoms with Gasteiger partial charge in [0.2, 0.25) is 5.76 Å². The van der Waals surface area contributed by atoms with Gasteiger partial charge in [0.05, 0.1) is 0 Å². The Labute approximate surface area is 101 Å². The van der Waals surface area contributed by atoms with Gasteiger partial charge in [0.1, 0.15) is 0 Å². The second-order valence-corrected chi connectivity index (χ2v) is 3.89. The molecule has 0 aliphatic heterocycles. The maximum absolute atomic E-state index is 12.5. The van der Waals surface area contributed by atoms with Crippen molar-refractivity contribution < 1.29 is 17.6 Å². The third-order valence-corrected chi connectivity index (χ3v) is 2.43. The first-order valence-corrected chi connectivity index (χ1v) is 5.16. The summed E-state index contributed by atoms with van der Waals surface area (Å²) in [7, 11) is 0. The van der Waals surface area contributed by atoms with E-state index in [9.17, 15) is 18.0 Å². The number of aryl methyl sites for hydroxylation is 1. The number of hydrogen-bond donors (Lipinski definition) is 0. The van der Waals surface area contributed by atoms with Crippen LogP contribution in [0.5, 0.6) is 0 Å². The molecule has 0 saturated heterocycles. The Hall–Kier alpha value is -2.04. The number of benzene rings is 1. The molecule has 0 unspecified atom stereocenters. The smallest absolute Gasteiger partial charge is 0.418 e. The SMILES string of the molecule is Cc1ccc(-c2cc(C(F)(F)F)oc(=O)c2)cc1. The lowest BCUT2D eigenvalue weighted by Crippen LogP contribution is -2.10. The van der Waals surface area contributed by atoms with Gasteiger partial charge in [-0.1, -0.05) is 29.8 Å². The van der Waals surface area contributed by atoms with Crippen LogP contribution in [0.15, 0.2) is 45.6 Å². The average molecular weight is 254 g/mol. The fourth-order valence-corrected chi connectivity index (χ4v) is 1.53. The van der Waals surface area contributed by atoms with Crippen LogP contribution in [0.4, 0.5) is 13.2 Å². The standard InChI is InChI=1S/C13H9F3O2/c1-8-2-4-9(5-3-8)10-6-11(13(14,15)16)18-12(17)7-10/h2-7H,1H3. The summed E-state index contributed by atoms with van der Waals surface area (Å²) in [4.78, 5) is 11.1. The molecule has 2 aromatic rings. The summed E-state index contributed by atoms with van der Waals surface area (Å²) in [5.74, 6) is -1.29. The molecule has 94 valence electrons. The van der Waals surface area contributed by atoms with Crippen molar-refractivity contribution >= 4 is 0 Å². The van der Waals surface area contributed by atoms with Crippen LogP contribution in [0.2, 0.25) is 0 Å². The molecule has 18 heavy (non-hydrogen) atoms. The molecule has 1 aromatic heterocycles. The molecule has 0 fully saturated rings. The van der Waals surface area contributed by atoms with Gasteiger partial charge in [-0.25, -0.2) is 4.79 Å². The molecule has 5 heteroatoms. The van der Waals surface area contributed by atoms with Gasteiger partial charge in [-0.3, -0.25) is 0 Å². The molecular formula is C13H9F3O2. The topological polar surface area (TPSA) is 30.2 Å². The van der Waals surface area contributed by atoms with E-state index in [1.807, 2.05) is 6.92 Å². The fourth-order valence-electron chi connectivity index (χ4n) is 1.53. The Morgan fingerprint density at radius 3 is 2.17 bits per heavy atom. The summed E-state index contributed by atoms with van der Waals surface area (Å²) in [5.41, 5.74) is 0.704. The lowest BCUT2D eigenvalue weighted by Gasteiger charge is -2.07. The Kier molecular flexibility index (Phi) is 2.98. The Bertz CT molecular complexity index is 609. The van der Waals surface area contributed by atoms with E-state index in [-0.39, 0.29) is 5.56 Å². The Morgan fingerprint density at radius 1 is 1.00 bits per heavy atom. The van der Waals surface area contributed by atoms with E-state index in [2.05, 4.69) is 4.42 Å². The van der Waals surface area contributed by atoms with Crippen molar-refractivity contribution in [2.45, 2.75) is 13.1 Å². The van der Waals surface area contributed by atoms with Gasteiger partial charge in [0.25, 0.3) is 0 Å². The van der Waals surface area contributed by atoms with Crippen LogP contribution in [0, 0.1) is 6.92 Å². The molecule has 0 saturated carbocycles. The zero-order valence-corrected chi connectivity index (χ0v) is 9.41. The molecule has 0 aliphatic rings. The number of alkyl halides is 3. The third-order valence-electron chi connectivity index (χ3n) is 2.43. The number of hydrogen-bond acceptors (Lipinski definition) is 2. The first-order chi connectivity index (χ1) is 8.36. The van der Waals surface area contributed by atoms with E-state index in [1.165, 1.54) is 0 Å². The van der Waals surface area contributed by atoms with Crippen LogP contribution in [0.1, 0.15) is 11.3 Å². The van der Waals surface area contributed by atoms with Gasteiger partial charge in [0, 0.05) is 6.07 Å². The highest BCUT2D eigenvalue weighted by molar-refractivity contribution is 5.63. The van der Waals surface area contributed by atoms with Gasteiger partial charge in [0.15, 0.2) is 0 Å². The van der Waals surface area contributed by atoms with Crippen LogP contribution >= 0.6 is 0 Å². The van der Waals surface area contributed by atoms with Crippen LogP contribution in [0.25, 0.3) is 11.1 Å². The third kappa shape index (κ3) is 2.61. The van der Waals surface area contributed by atoms with Gasteiger partial charge in [-0.05, 0) is 24.1 Å². The van der Waals surface area contributed by atoms with Crippen molar-refractivity contribution in [1.82, 2.24) is 0 Å². The molecule has 1 heterocycles. The van der Waals surface area contributed by atoms with Crippen LogP contribution in [-0.4, -0.2) is 0 Å². The zero-order valence-electron chi connectivity index (χ0n) is 9.41. The summed E-state index contributed by atoms with van der Waals surface area (Å²) in [6, 6.07) is 8.70. The summed E-state index contributed by atoms with van der Waals surface area (Å²) in [5, 5.41) is 0. The monoisotopic (exact) mass is 254 g/mol. The van der Waals surface area contributed by atoms with Crippen molar-refractivity contribution in [2.24, 2.45) is 0 Å². The normalized spacial score (nSPS) is 11.6. The largest absolute Gasteiger partial charge is 0.449 e. The molecule has 0 radical (unpaired) electrons. The van der Waals surface area contributed by atoms with Crippen molar-refractivity contribution in [3.63, 3.8) is 0 Å². The van der Waals surface area contributed by atoms with Crippen molar-refractivity contribution in [3.8, 4) is 11.1 Å². The van der Waals surface area contributed by atoms with E-state index < -0.39 is 17.6 Å². The highest BCUT2D eigenvalue weighted by atomic mass is 19.4. The highest BCUT2D eigenvalue weighted by Crippen LogP contribution is 2.31. The molecule has 2 nitrogen and oxygen atoms in total. The van der Waals surface area contributed by atoms with Gasteiger partial charge >= 0.3 is 11.8 Å². The molecule has 0 N–H and O–H groups in total. The molecule has 0 spiro atoms. The lowest BCUT2D eigenvalue weighted by molar-refractivity contribution is -0.154. The molecule has 0 aliphatic carbocycles. The summed E-state index contributed by atoms with van der Waals surface area (Å²) < 4.78 is 41.6. The zero-order chi connectivity index (χ0) is 13.3. The maximum atomic E-state index is 12.5. The average Bonchev–Trinajstić information content (AvgIpc) is 2.28. The minimum atomic E-state index is -4.67. The van der Waals surface area contributed by atoms with E-state index >= 15 is 0 Å². The van der Waals surface area contributed by atoms with E-state index in [0.29, 0.717) is 5.56 Å². The Balaban J connectivity index is 2.55. The summed E-state index contributed by atoms with van der Waals surface area (Å²) >= 11 is 0. The number of halogens is 3. The molecule has 0 atom stereocenters.